The van der Waals surface area contributed by atoms with E-state index in [1.807, 2.05) is 0 Å². The number of methoxy groups -OCH3 is 1. The number of hydrogen-bond acceptors (Lipinski definition) is 1. The summed E-state index contributed by atoms with van der Waals surface area (Å²) in [6.07, 6.45) is 16.5. The van der Waals surface area contributed by atoms with Gasteiger partial charge in [-0.2, -0.15) is 0 Å². The second-order valence-electron chi connectivity index (χ2n) is 7.83. The third kappa shape index (κ3) is 7.38. The van der Waals surface area contributed by atoms with Gasteiger partial charge >= 0.3 is 0 Å². The molecule has 0 saturated heterocycles. The first-order valence-electron chi connectivity index (χ1n) is 10.4. The third-order valence-electron chi connectivity index (χ3n) is 5.83. The molecule has 0 spiro atoms. The molecule has 2 rings (SSSR count). The fourth-order valence-corrected chi connectivity index (χ4v) is 4.20. The summed E-state index contributed by atoms with van der Waals surface area (Å²) in [7, 11) is 1.81. The molecule has 136 valence electrons. The standard InChI is InChI=1S/C23H38O/c1-3-7-20-9-13-22(14-10-20)17-18-23-15-11-21(12-16-23)8-5-4-6-19-24-2/h9-10,13-14,21,23H,3-8,11-12,15-19H2,1-2H3. The molecule has 0 N–H and O–H groups in total. The first-order chi connectivity index (χ1) is 11.8. The Kier molecular flexibility index (Phi) is 9.50. The van der Waals surface area contributed by atoms with Gasteiger partial charge in [-0.25, -0.2) is 0 Å². The number of benzene rings is 1. The molecule has 0 heterocycles. The van der Waals surface area contributed by atoms with Crippen molar-refractivity contribution < 1.29 is 4.74 Å². The van der Waals surface area contributed by atoms with Gasteiger partial charge in [0.05, 0.1) is 0 Å². The second-order valence-corrected chi connectivity index (χ2v) is 7.83. The topological polar surface area (TPSA) is 9.23 Å². The lowest BCUT2D eigenvalue weighted by atomic mass is 9.78. The van der Waals surface area contributed by atoms with Gasteiger partial charge in [-0.3, -0.25) is 0 Å². The van der Waals surface area contributed by atoms with Gasteiger partial charge in [-0.15, -0.1) is 0 Å². The first kappa shape index (κ1) is 19.5. The molecular formula is C23H38O. The number of aryl methyl sites for hydroxylation is 2. The largest absolute Gasteiger partial charge is 0.385 e. The average Bonchev–Trinajstić information content (AvgIpc) is 2.62. The van der Waals surface area contributed by atoms with Crippen LogP contribution in [0.1, 0.15) is 82.3 Å². The molecule has 0 bridgehead atoms. The maximum atomic E-state index is 5.13. The molecule has 0 aromatic heterocycles. The molecule has 1 aromatic carbocycles. The van der Waals surface area contributed by atoms with Crippen LogP contribution in [0, 0.1) is 11.8 Å². The van der Waals surface area contributed by atoms with Crippen molar-refractivity contribution in [2.45, 2.75) is 84.0 Å². The van der Waals surface area contributed by atoms with Crippen molar-refractivity contribution in [1.29, 1.82) is 0 Å². The van der Waals surface area contributed by atoms with E-state index in [-0.39, 0.29) is 0 Å². The zero-order valence-corrected chi connectivity index (χ0v) is 16.1. The lowest BCUT2D eigenvalue weighted by Crippen LogP contribution is -2.15. The summed E-state index contributed by atoms with van der Waals surface area (Å²) in [5, 5.41) is 0. The quantitative estimate of drug-likeness (QED) is 0.416. The van der Waals surface area contributed by atoms with Crippen LogP contribution in [0.25, 0.3) is 0 Å². The zero-order valence-electron chi connectivity index (χ0n) is 16.1. The highest BCUT2D eigenvalue weighted by Gasteiger charge is 2.20. The van der Waals surface area contributed by atoms with Crippen molar-refractivity contribution >= 4 is 0 Å². The van der Waals surface area contributed by atoms with Gasteiger partial charge in [0.15, 0.2) is 0 Å². The SMILES string of the molecule is CCCc1ccc(CCC2CCC(CCCCCOC)CC2)cc1. The fraction of sp³-hybridized carbons (Fsp3) is 0.739. The molecule has 1 aliphatic carbocycles. The van der Waals surface area contributed by atoms with E-state index in [1.165, 1.54) is 88.2 Å². The highest BCUT2D eigenvalue weighted by molar-refractivity contribution is 5.22. The van der Waals surface area contributed by atoms with E-state index in [2.05, 4.69) is 31.2 Å². The Morgan fingerprint density at radius 3 is 1.96 bits per heavy atom. The van der Waals surface area contributed by atoms with E-state index < -0.39 is 0 Å². The summed E-state index contributed by atoms with van der Waals surface area (Å²) in [4.78, 5) is 0. The van der Waals surface area contributed by atoms with Gasteiger partial charge < -0.3 is 4.74 Å². The molecule has 1 fully saturated rings. The molecule has 1 aliphatic rings. The summed E-state index contributed by atoms with van der Waals surface area (Å²) in [6, 6.07) is 9.38. The Labute approximate surface area is 150 Å². The van der Waals surface area contributed by atoms with E-state index in [0.29, 0.717) is 0 Å². The number of hydrogen-bond donors (Lipinski definition) is 0. The normalized spacial score (nSPS) is 21.1. The van der Waals surface area contributed by atoms with Crippen LogP contribution in [0.15, 0.2) is 24.3 Å². The number of ether oxygens (including phenoxy) is 1. The van der Waals surface area contributed by atoms with Gasteiger partial charge in [-0.1, -0.05) is 82.6 Å². The molecule has 0 atom stereocenters. The summed E-state index contributed by atoms with van der Waals surface area (Å²) in [5.74, 6) is 1.99. The Hall–Kier alpha value is -0.820. The minimum Gasteiger partial charge on any atom is -0.385 e. The van der Waals surface area contributed by atoms with E-state index in [0.717, 1.165) is 18.4 Å². The average molecular weight is 331 g/mol. The van der Waals surface area contributed by atoms with Gasteiger partial charge in [0.1, 0.15) is 0 Å². The van der Waals surface area contributed by atoms with Crippen LogP contribution in [0.4, 0.5) is 0 Å². The molecule has 1 saturated carbocycles. The fourth-order valence-electron chi connectivity index (χ4n) is 4.20. The molecule has 0 amide bonds. The molecule has 1 heteroatoms. The summed E-state index contributed by atoms with van der Waals surface area (Å²) in [5.41, 5.74) is 3.03. The maximum absolute atomic E-state index is 5.13. The van der Waals surface area contributed by atoms with Crippen LogP contribution in [0.3, 0.4) is 0 Å². The monoisotopic (exact) mass is 330 g/mol. The molecular weight excluding hydrogens is 292 g/mol. The summed E-state index contributed by atoms with van der Waals surface area (Å²) < 4.78 is 5.13. The maximum Gasteiger partial charge on any atom is 0.0462 e. The molecule has 0 aliphatic heterocycles. The highest BCUT2D eigenvalue weighted by Crippen LogP contribution is 2.34. The molecule has 1 nitrogen and oxygen atoms in total. The smallest absolute Gasteiger partial charge is 0.0462 e. The highest BCUT2D eigenvalue weighted by atomic mass is 16.5. The van der Waals surface area contributed by atoms with E-state index in [1.54, 1.807) is 7.11 Å². The number of rotatable bonds is 11. The Balaban J connectivity index is 1.57. The van der Waals surface area contributed by atoms with E-state index in [9.17, 15) is 0 Å². The number of unbranched alkanes of at least 4 members (excludes halogenated alkanes) is 2. The lowest BCUT2D eigenvalue weighted by Gasteiger charge is -2.28. The third-order valence-corrected chi connectivity index (χ3v) is 5.83. The van der Waals surface area contributed by atoms with Crippen molar-refractivity contribution in [3.8, 4) is 0 Å². The van der Waals surface area contributed by atoms with Crippen LogP contribution < -0.4 is 0 Å². The Morgan fingerprint density at radius 1 is 0.792 bits per heavy atom. The first-order valence-corrected chi connectivity index (χ1v) is 10.4. The summed E-state index contributed by atoms with van der Waals surface area (Å²) in [6.45, 7) is 3.19. The minimum absolute atomic E-state index is 0.937. The van der Waals surface area contributed by atoms with Crippen LogP contribution in [0.5, 0.6) is 0 Å². The van der Waals surface area contributed by atoms with E-state index in [4.69, 9.17) is 4.74 Å². The minimum atomic E-state index is 0.937. The van der Waals surface area contributed by atoms with Crippen molar-refractivity contribution in [3.05, 3.63) is 35.4 Å². The van der Waals surface area contributed by atoms with Gasteiger partial charge in [-0.05, 0) is 48.6 Å². The van der Waals surface area contributed by atoms with Gasteiger partial charge in [0, 0.05) is 13.7 Å². The van der Waals surface area contributed by atoms with E-state index >= 15 is 0 Å². The van der Waals surface area contributed by atoms with Crippen LogP contribution in [-0.4, -0.2) is 13.7 Å². The van der Waals surface area contributed by atoms with Crippen molar-refractivity contribution in [1.82, 2.24) is 0 Å². The second kappa shape index (κ2) is 11.7. The molecule has 0 radical (unpaired) electrons. The summed E-state index contributed by atoms with van der Waals surface area (Å²) >= 11 is 0. The predicted octanol–water partition coefficient (Wildman–Crippen LogP) is 6.58. The molecule has 24 heavy (non-hydrogen) atoms. The molecule has 1 aromatic rings. The van der Waals surface area contributed by atoms with Gasteiger partial charge in [0.2, 0.25) is 0 Å². The van der Waals surface area contributed by atoms with Crippen LogP contribution in [0.2, 0.25) is 0 Å². The van der Waals surface area contributed by atoms with Crippen LogP contribution >= 0.6 is 0 Å². The van der Waals surface area contributed by atoms with Gasteiger partial charge in [0.25, 0.3) is 0 Å². The Bertz CT molecular complexity index is 414. The van der Waals surface area contributed by atoms with Crippen molar-refractivity contribution in [2.24, 2.45) is 11.8 Å². The van der Waals surface area contributed by atoms with Crippen molar-refractivity contribution in [2.75, 3.05) is 13.7 Å². The Morgan fingerprint density at radius 2 is 1.38 bits per heavy atom. The van der Waals surface area contributed by atoms with Crippen LogP contribution in [-0.2, 0) is 17.6 Å². The zero-order chi connectivity index (χ0) is 17.0. The van der Waals surface area contributed by atoms with Crippen molar-refractivity contribution in [3.63, 3.8) is 0 Å². The predicted molar refractivity (Wildman–Crippen MR) is 105 cm³/mol. The lowest BCUT2D eigenvalue weighted by molar-refractivity contribution is 0.189. The molecule has 0 unspecified atom stereocenters.